The molecule has 6 nitrogen and oxygen atoms in total. The van der Waals surface area contributed by atoms with Gasteiger partial charge >= 0.3 is 0 Å². The van der Waals surface area contributed by atoms with Crippen LogP contribution in [0.2, 0.25) is 0 Å². The van der Waals surface area contributed by atoms with E-state index >= 15 is 0 Å². The number of aromatic nitrogens is 4. The summed E-state index contributed by atoms with van der Waals surface area (Å²) in [6.45, 7) is 4.20. The molecule has 0 aliphatic rings. The molecule has 2 aromatic heterocycles. The van der Waals surface area contributed by atoms with Gasteiger partial charge in [0.25, 0.3) is 0 Å². The molecular formula is C14H17N5O. The minimum atomic E-state index is -0.447. The average Bonchev–Trinajstić information content (AvgIpc) is 2.89. The lowest BCUT2D eigenvalue weighted by molar-refractivity contribution is 0.208. The fraction of sp³-hybridized carbons (Fsp3) is 0.357. The lowest BCUT2D eigenvalue weighted by Crippen LogP contribution is -2.17. The van der Waals surface area contributed by atoms with Crippen molar-refractivity contribution < 1.29 is 5.11 Å². The van der Waals surface area contributed by atoms with Gasteiger partial charge in [-0.15, -0.1) is 10.2 Å². The smallest absolute Gasteiger partial charge is 0.204 e. The molecule has 0 radical (unpaired) electrons. The average molecular weight is 271 g/mol. The van der Waals surface area contributed by atoms with Gasteiger partial charge in [-0.2, -0.15) is 0 Å². The van der Waals surface area contributed by atoms with Gasteiger partial charge in [-0.05, 0) is 19.1 Å². The Labute approximate surface area is 116 Å². The van der Waals surface area contributed by atoms with E-state index in [1.807, 2.05) is 28.7 Å². The van der Waals surface area contributed by atoms with Gasteiger partial charge in [0.15, 0.2) is 5.82 Å². The Hall–Kier alpha value is -2.21. The number of hydrogen-bond donors (Lipinski definition) is 2. The maximum absolute atomic E-state index is 9.42. The van der Waals surface area contributed by atoms with Gasteiger partial charge in [0, 0.05) is 13.0 Å². The highest BCUT2D eigenvalue weighted by atomic mass is 16.3. The number of rotatable bonds is 4. The molecule has 0 aliphatic carbocycles. The third-order valence-electron chi connectivity index (χ3n) is 3.18. The molecule has 0 bridgehead atoms. The quantitative estimate of drug-likeness (QED) is 0.754. The summed E-state index contributed by atoms with van der Waals surface area (Å²) in [7, 11) is 0. The molecule has 0 unspecified atom stereocenters. The molecule has 1 aromatic carbocycles. The fourth-order valence-electron chi connectivity index (χ4n) is 2.23. The van der Waals surface area contributed by atoms with Crippen molar-refractivity contribution in [2.24, 2.45) is 0 Å². The molecule has 2 heterocycles. The van der Waals surface area contributed by atoms with Crippen molar-refractivity contribution in [3.8, 4) is 0 Å². The number of aliphatic hydroxyl groups excluding tert-OH is 1. The van der Waals surface area contributed by atoms with Gasteiger partial charge < -0.3 is 10.4 Å². The number of aliphatic hydroxyl groups is 1. The molecule has 3 rings (SSSR count). The van der Waals surface area contributed by atoms with Crippen LogP contribution in [0.15, 0.2) is 24.3 Å². The van der Waals surface area contributed by atoms with Crippen molar-refractivity contribution >= 4 is 22.5 Å². The van der Waals surface area contributed by atoms with Crippen LogP contribution in [0.25, 0.3) is 16.7 Å². The van der Waals surface area contributed by atoms with Crippen LogP contribution >= 0.6 is 0 Å². The Morgan fingerprint density at radius 2 is 2.10 bits per heavy atom. The van der Waals surface area contributed by atoms with Gasteiger partial charge in [0.05, 0.1) is 17.1 Å². The van der Waals surface area contributed by atoms with Crippen LogP contribution in [0.1, 0.15) is 19.7 Å². The van der Waals surface area contributed by atoms with Gasteiger partial charge in [0.2, 0.25) is 5.65 Å². The summed E-state index contributed by atoms with van der Waals surface area (Å²) >= 11 is 0. The number of aryl methyl sites for hydroxylation is 1. The largest absolute Gasteiger partial charge is 0.392 e. The van der Waals surface area contributed by atoms with Gasteiger partial charge in [-0.1, -0.05) is 19.1 Å². The van der Waals surface area contributed by atoms with Crippen molar-refractivity contribution in [2.75, 3.05) is 11.9 Å². The second-order valence-electron chi connectivity index (χ2n) is 4.81. The summed E-state index contributed by atoms with van der Waals surface area (Å²) in [6, 6.07) is 7.90. The normalized spacial score (nSPS) is 12.9. The predicted molar refractivity (Wildman–Crippen MR) is 77.8 cm³/mol. The molecule has 0 aliphatic heterocycles. The SMILES string of the molecule is CCc1nnc2c(NC[C@H](C)O)nc3ccccc3n12. The number of hydrogen-bond acceptors (Lipinski definition) is 5. The predicted octanol–water partition coefficient (Wildman–Crippen LogP) is 1.63. The van der Waals surface area contributed by atoms with E-state index in [4.69, 9.17) is 0 Å². The van der Waals surface area contributed by atoms with Crippen LogP contribution in [0.4, 0.5) is 5.82 Å². The lowest BCUT2D eigenvalue weighted by atomic mass is 10.3. The van der Waals surface area contributed by atoms with E-state index in [9.17, 15) is 5.11 Å². The van der Waals surface area contributed by atoms with Crippen molar-refractivity contribution in [2.45, 2.75) is 26.4 Å². The monoisotopic (exact) mass is 271 g/mol. The summed E-state index contributed by atoms with van der Waals surface area (Å²) in [5.74, 6) is 1.55. The van der Waals surface area contributed by atoms with Crippen LogP contribution in [0, 0.1) is 0 Å². The molecule has 0 saturated carbocycles. The highest BCUT2D eigenvalue weighted by Crippen LogP contribution is 2.21. The molecule has 2 N–H and O–H groups in total. The standard InChI is InChI=1S/C14H17N5O/c1-3-12-17-18-14-13(15-8-9(2)20)16-10-6-4-5-7-11(10)19(12)14/h4-7,9,20H,3,8H2,1-2H3,(H,15,16)/t9-/m0/s1. The van der Waals surface area contributed by atoms with Crippen LogP contribution in [-0.4, -0.2) is 37.3 Å². The minimum absolute atomic E-state index is 0.426. The molecule has 0 fully saturated rings. The van der Waals surface area contributed by atoms with Crippen molar-refractivity contribution in [3.05, 3.63) is 30.1 Å². The maximum atomic E-state index is 9.42. The number of benzene rings is 1. The first-order chi connectivity index (χ1) is 9.70. The van der Waals surface area contributed by atoms with E-state index in [1.165, 1.54) is 0 Å². The molecule has 20 heavy (non-hydrogen) atoms. The Bertz CT molecular complexity index is 750. The van der Waals surface area contributed by atoms with Crippen LogP contribution in [0.3, 0.4) is 0 Å². The molecule has 0 amide bonds. The highest BCUT2D eigenvalue weighted by molar-refractivity contribution is 5.82. The molecule has 104 valence electrons. The topological polar surface area (TPSA) is 75.3 Å². The first kappa shape index (κ1) is 12.8. The third kappa shape index (κ3) is 2.08. The third-order valence-corrected chi connectivity index (χ3v) is 3.18. The Morgan fingerprint density at radius 3 is 2.85 bits per heavy atom. The molecule has 0 saturated heterocycles. The van der Waals surface area contributed by atoms with E-state index < -0.39 is 6.10 Å². The van der Waals surface area contributed by atoms with E-state index in [0.717, 1.165) is 23.3 Å². The van der Waals surface area contributed by atoms with Crippen molar-refractivity contribution in [1.82, 2.24) is 19.6 Å². The summed E-state index contributed by atoms with van der Waals surface area (Å²) < 4.78 is 2.02. The number of anilines is 1. The maximum Gasteiger partial charge on any atom is 0.204 e. The van der Waals surface area contributed by atoms with Gasteiger partial charge in [-0.3, -0.25) is 4.40 Å². The Morgan fingerprint density at radius 1 is 1.30 bits per heavy atom. The second-order valence-corrected chi connectivity index (χ2v) is 4.81. The Kier molecular flexibility index (Phi) is 3.23. The van der Waals surface area contributed by atoms with E-state index in [2.05, 4.69) is 27.4 Å². The summed E-state index contributed by atoms with van der Waals surface area (Å²) in [4.78, 5) is 4.58. The van der Waals surface area contributed by atoms with Gasteiger partial charge in [-0.25, -0.2) is 4.98 Å². The zero-order valence-corrected chi connectivity index (χ0v) is 11.5. The zero-order chi connectivity index (χ0) is 14.1. The Balaban J connectivity index is 2.25. The number of para-hydroxylation sites is 2. The summed E-state index contributed by atoms with van der Waals surface area (Å²) in [5.41, 5.74) is 2.57. The molecule has 3 aromatic rings. The van der Waals surface area contributed by atoms with Gasteiger partial charge in [0.1, 0.15) is 5.82 Å². The first-order valence-electron chi connectivity index (χ1n) is 6.75. The minimum Gasteiger partial charge on any atom is -0.392 e. The van der Waals surface area contributed by atoms with E-state index in [-0.39, 0.29) is 0 Å². The van der Waals surface area contributed by atoms with Crippen LogP contribution < -0.4 is 5.32 Å². The summed E-state index contributed by atoms with van der Waals surface area (Å²) in [5, 5.41) is 21.0. The molecular weight excluding hydrogens is 254 g/mol. The van der Waals surface area contributed by atoms with Crippen LogP contribution in [0.5, 0.6) is 0 Å². The highest BCUT2D eigenvalue weighted by Gasteiger charge is 2.13. The van der Waals surface area contributed by atoms with Crippen molar-refractivity contribution in [1.29, 1.82) is 0 Å². The molecule has 1 atom stereocenters. The first-order valence-corrected chi connectivity index (χ1v) is 6.75. The van der Waals surface area contributed by atoms with Crippen molar-refractivity contribution in [3.63, 3.8) is 0 Å². The van der Waals surface area contributed by atoms with Crippen LogP contribution in [-0.2, 0) is 6.42 Å². The summed E-state index contributed by atoms with van der Waals surface area (Å²) in [6.07, 6.45) is 0.349. The molecule has 0 spiro atoms. The second kappa shape index (κ2) is 5.05. The number of nitrogens with zero attached hydrogens (tertiary/aromatic N) is 4. The fourth-order valence-corrected chi connectivity index (χ4v) is 2.23. The van der Waals surface area contributed by atoms with E-state index in [1.54, 1.807) is 6.92 Å². The molecule has 6 heteroatoms. The zero-order valence-electron chi connectivity index (χ0n) is 11.5. The number of fused-ring (bicyclic) bond motifs is 3. The number of nitrogens with one attached hydrogen (secondary N) is 1. The van der Waals surface area contributed by atoms with E-state index in [0.29, 0.717) is 18.0 Å². The lowest BCUT2D eigenvalue weighted by Gasteiger charge is -2.11.